The van der Waals surface area contributed by atoms with Crippen molar-refractivity contribution in [2.75, 3.05) is 13.2 Å². The van der Waals surface area contributed by atoms with Gasteiger partial charge < -0.3 is 64.5 Å². The van der Waals surface area contributed by atoms with Crippen LogP contribution in [0.2, 0.25) is 0 Å². The summed E-state index contributed by atoms with van der Waals surface area (Å²) in [4.78, 5) is 0. The van der Waals surface area contributed by atoms with Crippen LogP contribution < -0.4 is 0 Å². The highest BCUT2D eigenvalue weighted by molar-refractivity contribution is 5.33. The second-order valence-electron chi connectivity index (χ2n) is 18.8. The molecule has 0 bridgehead atoms. The molecule has 5 aliphatic carbocycles. The summed E-state index contributed by atoms with van der Waals surface area (Å²) in [5, 5.41) is 84.4. The van der Waals surface area contributed by atoms with Crippen LogP contribution in [0.1, 0.15) is 86.0 Å². The van der Waals surface area contributed by atoms with Crippen LogP contribution in [-0.2, 0) is 23.7 Å². The molecular weight excluding hydrogens is 652 g/mol. The maximum atomic E-state index is 11.2. The summed E-state index contributed by atoms with van der Waals surface area (Å²) in [6.45, 7) is 10.5. The fourth-order valence-electron chi connectivity index (χ4n) is 13.6. The standard InChI is InChI=1S/C37H60O13/c1-16-10-17-20(47-30(16)45)12-35(5)29-19(48-32-28(44)26(42)25(41)21(13-38)49-32)11-22-33(2,3)23(50-31-27(43)24(40)18(39)14-46-31)6-7-36(22)15-37(29,36)9-8-34(17,35)4/h16-32,38-45H,6-15H2,1-5H3/t16-,17-,18+,19+,20-,21+,22-,23-,24-,25+,26-,27+,28+,29?,30+,31?,32?,34+,35-,36+,37-/m0/s1. The Morgan fingerprint density at radius 1 is 0.740 bits per heavy atom. The Morgan fingerprint density at radius 3 is 2.18 bits per heavy atom. The van der Waals surface area contributed by atoms with E-state index < -0.39 is 79.7 Å². The Morgan fingerprint density at radius 2 is 1.46 bits per heavy atom. The smallest absolute Gasteiger partial charge is 0.186 e. The molecule has 13 nitrogen and oxygen atoms in total. The summed E-state index contributed by atoms with van der Waals surface area (Å²) in [7, 11) is 0. The zero-order valence-corrected chi connectivity index (χ0v) is 30.0. The average Bonchev–Trinajstić information content (AvgIpc) is 3.67. The van der Waals surface area contributed by atoms with E-state index in [9.17, 15) is 40.9 Å². The molecule has 8 rings (SSSR count). The predicted octanol–water partition coefficient (Wildman–Crippen LogP) is 0.398. The van der Waals surface area contributed by atoms with E-state index in [-0.39, 0.29) is 64.1 Å². The van der Waals surface area contributed by atoms with Gasteiger partial charge in [-0.2, -0.15) is 0 Å². The Labute approximate surface area is 294 Å². The predicted molar refractivity (Wildman–Crippen MR) is 174 cm³/mol. The molecule has 13 heteroatoms. The lowest BCUT2D eigenvalue weighted by molar-refractivity contribution is -0.335. The Bertz CT molecular complexity index is 1300. The molecule has 2 spiro atoms. The lowest BCUT2D eigenvalue weighted by atomic mass is 9.41. The van der Waals surface area contributed by atoms with Gasteiger partial charge in [0.1, 0.15) is 42.7 Å². The molecule has 0 amide bonds. The molecule has 0 radical (unpaired) electrons. The van der Waals surface area contributed by atoms with Crippen LogP contribution in [0.15, 0.2) is 0 Å². The SMILES string of the molecule is C[C@H]1C[C@H]2[C@H](C[C@@]3(C)C4[C@H](OC5O[C@H](CO)[C@@H](O)[C@H](O)[C@H]5O)C[C@H]5C(C)(C)[C@@H](OC6OC[C@@H](O)[C@H](O)[C@H]6O)CC[C@@]56C[C@@]46CC[C@]23C)O[C@H]1O. The molecule has 0 aromatic heterocycles. The molecule has 8 fully saturated rings. The number of aliphatic hydroxyl groups is 8. The number of fused-ring (bicyclic) bond motifs is 4. The second-order valence-corrected chi connectivity index (χ2v) is 18.8. The highest BCUT2D eigenvalue weighted by Gasteiger charge is 2.85. The molecule has 8 aliphatic rings. The summed E-state index contributed by atoms with van der Waals surface area (Å²) >= 11 is 0. The largest absolute Gasteiger partial charge is 0.394 e. The number of ether oxygens (including phenoxy) is 5. The summed E-state index contributed by atoms with van der Waals surface area (Å²) in [6.07, 6.45) is -6.59. The Balaban J connectivity index is 1.15. The van der Waals surface area contributed by atoms with Gasteiger partial charge in [-0.1, -0.05) is 34.6 Å². The van der Waals surface area contributed by atoms with Gasteiger partial charge in [-0.25, -0.2) is 0 Å². The first-order valence-corrected chi connectivity index (χ1v) is 19.1. The minimum absolute atomic E-state index is 0.00375. The average molecular weight is 713 g/mol. The first-order chi connectivity index (χ1) is 23.5. The molecule has 286 valence electrons. The number of hydrogen-bond donors (Lipinski definition) is 8. The molecular formula is C37H60O13. The third kappa shape index (κ3) is 4.78. The molecule has 0 aromatic carbocycles. The highest BCUT2D eigenvalue weighted by Crippen LogP contribution is 2.89. The van der Waals surface area contributed by atoms with Gasteiger partial charge in [0, 0.05) is 5.92 Å². The van der Waals surface area contributed by atoms with Crippen LogP contribution in [-0.4, -0.2) is 134 Å². The van der Waals surface area contributed by atoms with E-state index in [0.29, 0.717) is 6.42 Å². The number of rotatable bonds is 5. The minimum Gasteiger partial charge on any atom is -0.394 e. The van der Waals surface area contributed by atoms with Crippen molar-refractivity contribution in [1.29, 1.82) is 0 Å². The van der Waals surface area contributed by atoms with Gasteiger partial charge in [-0.15, -0.1) is 0 Å². The minimum atomic E-state index is -1.55. The van der Waals surface area contributed by atoms with Gasteiger partial charge in [0.15, 0.2) is 18.9 Å². The van der Waals surface area contributed by atoms with Crippen LogP contribution in [0.25, 0.3) is 0 Å². The normalized spacial score (nSPS) is 61.3. The van der Waals surface area contributed by atoms with Crippen molar-refractivity contribution in [3.8, 4) is 0 Å². The van der Waals surface area contributed by atoms with E-state index in [0.717, 1.165) is 44.9 Å². The lowest BCUT2D eigenvalue weighted by Gasteiger charge is -2.65. The third-order valence-corrected chi connectivity index (χ3v) is 16.5. The van der Waals surface area contributed by atoms with Crippen molar-refractivity contribution >= 4 is 0 Å². The molecule has 3 saturated heterocycles. The maximum Gasteiger partial charge on any atom is 0.186 e. The van der Waals surface area contributed by atoms with E-state index in [1.807, 2.05) is 0 Å². The molecule has 3 unspecified atom stereocenters. The lowest BCUT2D eigenvalue weighted by Crippen LogP contribution is -2.65. The zero-order valence-electron chi connectivity index (χ0n) is 30.0. The van der Waals surface area contributed by atoms with Crippen molar-refractivity contribution in [2.45, 2.75) is 166 Å². The Hall–Kier alpha value is -0.520. The van der Waals surface area contributed by atoms with E-state index in [4.69, 9.17) is 23.7 Å². The third-order valence-electron chi connectivity index (χ3n) is 16.5. The molecule has 0 aromatic rings. The molecule has 8 N–H and O–H groups in total. The van der Waals surface area contributed by atoms with Crippen molar-refractivity contribution in [3.63, 3.8) is 0 Å². The number of hydrogen-bond acceptors (Lipinski definition) is 13. The van der Waals surface area contributed by atoms with Gasteiger partial charge in [0.05, 0.1) is 31.5 Å². The van der Waals surface area contributed by atoms with Gasteiger partial charge in [-0.3, -0.25) is 0 Å². The Kier molecular flexibility index (Phi) is 8.74. The first-order valence-electron chi connectivity index (χ1n) is 19.1. The molecule has 3 heterocycles. The monoisotopic (exact) mass is 712 g/mol. The van der Waals surface area contributed by atoms with E-state index in [2.05, 4.69) is 34.6 Å². The van der Waals surface area contributed by atoms with E-state index in [1.165, 1.54) is 0 Å². The van der Waals surface area contributed by atoms with Crippen LogP contribution in [0.4, 0.5) is 0 Å². The van der Waals surface area contributed by atoms with Gasteiger partial charge >= 0.3 is 0 Å². The molecule has 5 saturated carbocycles. The highest BCUT2D eigenvalue weighted by atomic mass is 16.7. The molecule has 50 heavy (non-hydrogen) atoms. The van der Waals surface area contributed by atoms with Crippen LogP contribution in [0, 0.1) is 50.7 Å². The fraction of sp³-hybridized carbons (Fsp3) is 1.00. The summed E-state index contributed by atoms with van der Waals surface area (Å²) in [5.41, 5.74) is -0.840. The molecule has 3 aliphatic heterocycles. The fourth-order valence-corrected chi connectivity index (χ4v) is 13.6. The van der Waals surface area contributed by atoms with Gasteiger partial charge in [0.25, 0.3) is 0 Å². The van der Waals surface area contributed by atoms with E-state index >= 15 is 0 Å². The first kappa shape index (κ1) is 36.5. The van der Waals surface area contributed by atoms with Crippen LogP contribution in [0.3, 0.4) is 0 Å². The summed E-state index contributed by atoms with van der Waals surface area (Å²) in [5.74, 6) is 0.459. The molecule has 21 atom stereocenters. The van der Waals surface area contributed by atoms with Crippen molar-refractivity contribution in [2.24, 2.45) is 50.7 Å². The van der Waals surface area contributed by atoms with Gasteiger partial charge in [-0.05, 0) is 96.2 Å². The van der Waals surface area contributed by atoms with Crippen molar-refractivity contribution < 1.29 is 64.5 Å². The summed E-state index contributed by atoms with van der Waals surface area (Å²) < 4.78 is 31.4. The topological polar surface area (TPSA) is 208 Å². The quantitative estimate of drug-likeness (QED) is 0.182. The van der Waals surface area contributed by atoms with Crippen molar-refractivity contribution in [3.05, 3.63) is 0 Å². The second kappa shape index (κ2) is 12.0. The zero-order chi connectivity index (χ0) is 35.9. The number of aliphatic hydroxyl groups excluding tert-OH is 8. The van der Waals surface area contributed by atoms with Crippen molar-refractivity contribution in [1.82, 2.24) is 0 Å². The van der Waals surface area contributed by atoms with Crippen LogP contribution >= 0.6 is 0 Å². The van der Waals surface area contributed by atoms with E-state index in [1.54, 1.807) is 0 Å². The maximum absolute atomic E-state index is 11.2. The summed E-state index contributed by atoms with van der Waals surface area (Å²) in [6, 6.07) is 0. The van der Waals surface area contributed by atoms with Gasteiger partial charge in [0.2, 0.25) is 0 Å². The van der Waals surface area contributed by atoms with Crippen LogP contribution in [0.5, 0.6) is 0 Å².